The summed E-state index contributed by atoms with van der Waals surface area (Å²) in [4.78, 5) is 11.5. The van der Waals surface area contributed by atoms with Gasteiger partial charge in [0, 0.05) is 5.92 Å². The van der Waals surface area contributed by atoms with Gasteiger partial charge in [0.1, 0.15) is 5.78 Å². The summed E-state index contributed by atoms with van der Waals surface area (Å²) >= 11 is 0. The molecule has 1 aromatic carbocycles. The van der Waals surface area contributed by atoms with Crippen molar-refractivity contribution in [3.63, 3.8) is 0 Å². The summed E-state index contributed by atoms with van der Waals surface area (Å²) in [5.74, 6) is 0.877. The van der Waals surface area contributed by atoms with Crippen LogP contribution in [-0.4, -0.2) is 5.78 Å². The maximum absolute atomic E-state index is 11.5. The Bertz CT molecular complexity index is 322. The van der Waals surface area contributed by atoms with Crippen LogP contribution in [0, 0.1) is 18.8 Å². The third-order valence-electron chi connectivity index (χ3n) is 2.90. The number of carbonyl (C=O) groups is 1. The minimum Gasteiger partial charge on any atom is -0.300 e. The van der Waals surface area contributed by atoms with Crippen LogP contribution >= 0.6 is 0 Å². The van der Waals surface area contributed by atoms with Gasteiger partial charge in [-0.1, -0.05) is 43.7 Å². The Hall–Kier alpha value is -1.11. The SMILES string of the molecule is CC(=O)C(Cc1ccc(C)cc1)C(C)C. The number of carbonyl (C=O) groups excluding carboxylic acids is 1. The molecule has 0 aromatic heterocycles. The Morgan fingerprint density at radius 3 is 2.13 bits per heavy atom. The first-order valence-electron chi connectivity index (χ1n) is 5.56. The fourth-order valence-corrected chi connectivity index (χ4v) is 1.83. The number of benzene rings is 1. The van der Waals surface area contributed by atoms with Crippen molar-refractivity contribution in [1.82, 2.24) is 0 Å². The van der Waals surface area contributed by atoms with Crippen molar-refractivity contribution in [2.45, 2.75) is 34.1 Å². The van der Waals surface area contributed by atoms with E-state index in [4.69, 9.17) is 0 Å². The lowest BCUT2D eigenvalue weighted by atomic mass is 9.86. The second-order valence-corrected chi connectivity index (χ2v) is 4.65. The van der Waals surface area contributed by atoms with Crippen molar-refractivity contribution in [3.05, 3.63) is 35.4 Å². The first kappa shape index (κ1) is 12.0. The van der Waals surface area contributed by atoms with E-state index in [1.54, 1.807) is 6.92 Å². The van der Waals surface area contributed by atoms with Gasteiger partial charge in [-0.05, 0) is 31.7 Å². The van der Waals surface area contributed by atoms with Crippen LogP contribution in [-0.2, 0) is 11.2 Å². The molecule has 0 spiro atoms. The smallest absolute Gasteiger partial charge is 0.133 e. The van der Waals surface area contributed by atoms with Crippen LogP contribution in [0.4, 0.5) is 0 Å². The van der Waals surface area contributed by atoms with E-state index in [0.717, 1.165) is 6.42 Å². The third-order valence-corrected chi connectivity index (χ3v) is 2.90. The zero-order valence-electron chi connectivity index (χ0n) is 10.1. The summed E-state index contributed by atoms with van der Waals surface area (Å²) in [7, 11) is 0. The maximum atomic E-state index is 11.5. The molecule has 0 aliphatic rings. The molecule has 0 heterocycles. The van der Waals surface area contributed by atoms with E-state index in [9.17, 15) is 4.79 Å². The molecular weight excluding hydrogens is 184 g/mol. The molecular formula is C14H20O. The minimum absolute atomic E-state index is 0.160. The van der Waals surface area contributed by atoms with E-state index in [1.807, 2.05) is 0 Å². The summed E-state index contributed by atoms with van der Waals surface area (Å²) in [6.07, 6.45) is 0.868. The summed E-state index contributed by atoms with van der Waals surface area (Å²) < 4.78 is 0. The fraction of sp³-hybridized carbons (Fsp3) is 0.500. The number of rotatable bonds is 4. The van der Waals surface area contributed by atoms with Crippen molar-refractivity contribution in [2.75, 3.05) is 0 Å². The van der Waals surface area contributed by atoms with Gasteiger partial charge in [0.2, 0.25) is 0 Å². The van der Waals surface area contributed by atoms with E-state index in [1.165, 1.54) is 11.1 Å². The quantitative estimate of drug-likeness (QED) is 0.734. The third kappa shape index (κ3) is 3.50. The number of Topliss-reactive ketones (excluding diaryl/α,β-unsaturated/α-hetero) is 1. The molecule has 0 saturated carbocycles. The fourth-order valence-electron chi connectivity index (χ4n) is 1.83. The lowest BCUT2D eigenvalue weighted by Crippen LogP contribution is -2.20. The normalized spacial score (nSPS) is 12.9. The van der Waals surface area contributed by atoms with E-state index >= 15 is 0 Å². The second kappa shape index (κ2) is 5.11. The Morgan fingerprint density at radius 2 is 1.73 bits per heavy atom. The molecule has 1 rings (SSSR count). The number of ketones is 1. The van der Waals surface area contributed by atoms with Crippen LogP contribution in [0.5, 0.6) is 0 Å². The monoisotopic (exact) mass is 204 g/mol. The van der Waals surface area contributed by atoms with E-state index in [0.29, 0.717) is 11.7 Å². The maximum Gasteiger partial charge on any atom is 0.133 e. The zero-order valence-corrected chi connectivity index (χ0v) is 10.1. The largest absolute Gasteiger partial charge is 0.300 e. The van der Waals surface area contributed by atoms with Crippen LogP contribution in [0.2, 0.25) is 0 Å². The number of hydrogen-bond acceptors (Lipinski definition) is 1. The molecule has 15 heavy (non-hydrogen) atoms. The molecule has 0 N–H and O–H groups in total. The van der Waals surface area contributed by atoms with Gasteiger partial charge < -0.3 is 0 Å². The summed E-state index contributed by atoms with van der Waals surface area (Å²) in [6.45, 7) is 7.99. The predicted octanol–water partition coefficient (Wildman–Crippen LogP) is 3.40. The Morgan fingerprint density at radius 1 is 1.20 bits per heavy atom. The molecule has 0 amide bonds. The molecule has 1 unspecified atom stereocenters. The lowest BCUT2D eigenvalue weighted by molar-refractivity contribution is -0.121. The summed E-state index contributed by atoms with van der Waals surface area (Å²) in [6, 6.07) is 8.45. The molecule has 0 aliphatic carbocycles. The first-order chi connectivity index (χ1) is 7.00. The van der Waals surface area contributed by atoms with Gasteiger partial charge in [-0.15, -0.1) is 0 Å². The molecule has 0 saturated heterocycles. The highest BCUT2D eigenvalue weighted by Crippen LogP contribution is 2.18. The summed E-state index contributed by atoms with van der Waals surface area (Å²) in [5.41, 5.74) is 2.53. The van der Waals surface area contributed by atoms with Gasteiger partial charge >= 0.3 is 0 Å². The van der Waals surface area contributed by atoms with Crippen LogP contribution in [0.15, 0.2) is 24.3 Å². The first-order valence-corrected chi connectivity index (χ1v) is 5.56. The van der Waals surface area contributed by atoms with Gasteiger partial charge in [0.25, 0.3) is 0 Å². The van der Waals surface area contributed by atoms with E-state index in [-0.39, 0.29) is 5.92 Å². The topological polar surface area (TPSA) is 17.1 Å². The van der Waals surface area contributed by atoms with Crippen molar-refractivity contribution < 1.29 is 4.79 Å². The van der Waals surface area contributed by atoms with Crippen LogP contribution in [0.1, 0.15) is 31.9 Å². The van der Waals surface area contributed by atoms with Crippen molar-refractivity contribution in [1.29, 1.82) is 0 Å². The Labute approximate surface area is 92.5 Å². The zero-order chi connectivity index (χ0) is 11.4. The predicted molar refractivity (Wildman–Crippen MR) is 63.9 cm³/mol. The van der Waals surface area contributed by atoms with Crippen LogP contribution in [0.3, 0.4) is 0 Å². The van der Waals surface area contributed by atoms with Gasteiger partial charge in [0.15, 0.2) is 0 Å². The molecule has 0 bridgehead atoms. The standard InChI is InChI=1S/C14H20O/c1-10(2)14(12(4)15)9-13-7-5-11(3)6-8-13/h5-8,10,14H,9H2,1-4H3. The second-order valence-electron chi connectivity index (χ2n) is 4.65. The number of hydrogen-bond donors (Lipinski definition) is 0. The summed E-state index contributed by atoms with van der Waals surface area (Å²) in [5, 5.41) is 0. The molecule has 1 atom stereocenters. The average molecular weight is 204 g/mol. The van der Waals surface area contributed by atoms with Crippen molar-refractivity contribution >= 4 is 5.78 Å². The highest BCUT2D eigenvalue weighted by Gasteiger charge is 2.18. The molecule has 1 heteroatoms. The van der Waals surface area contributed by atoms with Gasteiger partial charge in [-0.3, -0.25) is 4.79 Å². The lowest BCUT2D eigenvalue weighted by Gasteiger charge is -2.17. The van der Waals surface area contributed by atoms with Gasteiger partial charge in [-0.2, -0.15) is 0 Å². The average Bonchev–Trinajstić information content (AvgIpc) is 2.15. The Kier molecular flexibility index (Phi) is 4.07. The molecule has 1 aromatic rings. The van der Waals surface area contributed by atoms with Crippen LogP contribution < -0.4 is 0 Å². The van der Waals surface area contributed by atoms with E-state index in [2.05, 4.69) is 45.0 Å². The molecule has 82 valence electrons. The van der Waals surface area contributed by atoms with Gasteiger partial charge in [-0.25, -0.2) is 0 Å². The minimum atomic E-state index is 0.160. The molecule has 0 radical (unpaired) electrons. The van der Waals surface area contributed by atoms with Crippen molar-refractivity contribution in [3.8, 4) is 0 Å². The van der Waals surface area contributed by atoms with Gasteiger partial charge in [0.05, 0.1) is 0 Å². The number of aryl methyl sites for hydroxylation is 1. The highest BCUT2D eigenvalue weighted by molar-refractivity contribution is 5.78. The Balaban J connectivity index is 2.74. The highest BCUT2D eigenvalue weighted by atomic mass is 16.1. The molecule has 0 aliphatic heterocycles. The molecule has 0 fully saturated rings. The molecule has 1 nitrogen and oxygen atoms in total. The van der Waals surface area contributed by atoms with Crippen LogP contribution in [0.25, 0.3) is 0 Å². The van der Waals surface area contributed by atoms with E-state index < -0.39 is 0 Å². The van der Waals surface area contributed by atoms with Crippen molar-refractivity contribution in [2.24, 2.45) is 11.8 Å².